The fourth-order valence-electron chi connectivity index (χ4n) is 4.30. The number of hydrogen-bond acceptors (Lipinski definition) is 6. The number of alkyl carbamates (subject to hydrolysis) is 1. The molecule has 0 bridgehead atoms. The van der Waals surface area contributed by atoms with Crippen molar-refractivity contribution in [2.24, 2.45) is 0 Å². The number of cyclic esters (lactones) is 1. The van der Waals surface area contributed by atoms with E-state index in [4.69, 9.17) is 21.1 Å². The smallest absolute Gasteiger partial charge is 0.407 e. The van der Waals surface area contributed by atoms with Gasteiger partial charge in [-0.15, -0.1) is 0 Å². The number of aryl methyl sites for hydroxylation is 1. The molecule has 9 nitrogen and oxygen atoms in total. The van der Waals surface area contributed by atoms with Crippen molar-refractivity contribution in [3.05, 3.63) is 82.3 Å². The van der Waals surface area contributed by atoms with Gasteiger partial charge in [0.2, 0.25) is 5.91 Å². The lowest BCUT2D eigenvalue weighted by atomic mass is 10.0. The third-order valence-corrected chi connectivity index (χ3v) is 6.43. The van der Waals surface area contributed by atoms with E-state index < -0.39 is 35.7 Å². The van der Waals surface area contributed by atoms with Gasteiger partial charge in [-0.2, -0.15) is 5.10 Å². The first-order chi connectivity index (χ1) is 18.2. The van der Waals surface area contributed by atoms with Crippen LogP contribution in [0.3, 0.4) is 0 Å². The second-order valence-electron chi connectivity index (χ2n) is 8.81. The SMILES string of the molecule is Cc1cc(-n2cc(F)cn2)c2cccc(OCc3c(Cl)cc(F)cc3[C@H](C)NC(=O)[C@H]3COC(=O)N3)c2n1. The quantitative estimate of drug-likeness (QED) is 0.356. The minimum atomic E-state index is -0.851. The number of amides is 2. The summed E-state index contributed by atoms with van der Waals surface area (Å²) in [6.07, 6.45) is 1.71. The van der Waals surface area contributed by atoms with Gasteiger partial charge in [0.05, 0.1) is 29.1 Å². The van der Waals surface area contributed by atoms with Gasteiger partial charge in [-0.1, -0.05) is 23.7 Å². The molecule has 0 aliphatic carbocycles. The van der Waals surface area contributed by atoms with E-state index in [2.05, 4.69) is 20.7 Å². The van der Waals surface area contributed by atoms with E-state index in [0.29, 0.717) is 39.2 Å². The number of hydrogen-bond donors (Lipinski definition) is 2. The second-order valence-corrected chi connectivity index (χ2v) is 9.22. The van der Waals surface area contributed by atoms with Crippen LogP contribution >= 0.6 is 11.6 Å². The summed E-state index contributed by atoms with van der Waals surface area (Å²) in [5.74, 6) is -1.10. The fourth-order valence-corrected chi connectivity index (χ4v) is 4.56. The van der Waals surface area contributed by atoms with Crippen LogP contribution < -0.4 is 15.4 Å². The number of carbonyl (C=O) groups is 2. The van der Waals surface area contributed by atoms with Gasteiger partial charge in [0.1, 0.15) is 36.3 Å². The molecule has 3 heterocycles. The molecule has 0 unspecified atom stereocenters. The molecule has 0 saturated carbocycles. The van der Waals surface area contributed by atoms with Crippen molar-refractivity contribution >= 4 is 34.5 Å². The summed E-state index contributed by atoms with van der Waals surface area (Å²) >= 11 is 6.41. The topological polar surface area (TPSA) is 107 Å². The molecule has 4 aromatic rings. The Balaban J connectivity index is 1.44. The van der Waals surface area contributed by atoms with Crippen molar-refractivity contribution in [2.75, 3.05) is 6.61 Å². The van der Waals surface area contributed by atoms with E-state index >= 15 is 0 Å². The number of rotatable bonds is 7. The van der Waals surface area contributed by atoms with Crippen LogP contribution in [0.25, 0.3) is 16.6 Å². The molecular weight excluding hydrogens is 520 g/mol. The largest absolute Gasteiger partial charge is 0.487 e. The lowest BCUT2D eigenvalue weighted by Gasteiger charge is -2.21. The number of ether oxygens (including phenoxy) is 2. The lowest BCUT2D eigenvalue weighted by Crippen LogP contribution is -2.43. The number of halogens is 3. The zero-order valence-corrected chi connectivity index (χ0v) is 21.1. The summed E-state index contributed by atoms with van der Waals surface area (Å²) in [7, 11) is 0. The van der Waals surface area contributed by atoms with E-state index in [1.54, 1.807) is 32.0 Å². The molecule has 1 saturated heterocycles. The molecule has 1 aliphatic rings. The Bertz CT molecular complexity index is 1560. The van der Waals surface area contributed by atoms with Crippen molar-refractivity contribution in [3.63, 3.8) is 0 Å². The van der Waals surface area contributed by atoms with E-state index in [-0.39, 0.29) is 18.2 Å². The average Bonchev–Trinajstić information content (AvgIpc) is 3.50. The Morgan fingerprint density at radius 2 is 2.13 bits per heavy atom. The highest BCUT2D eigenvalue weighted by Gasteiger charge is 2.30. The first-order valence-corrected chi connectivity index (χ1v) is 12.0. The maximum atomic E-state index is 14.3. The van der Waals surface area contributed by atoms with E-state index in [0.717, 1.165) is 6.20 Å². The fraction of sp³-hybridized carbons (Fsp3) is 0.231. The monoisotopic (exact) mass is 541 g/mol. The van der Waals surface area contributed by atoms with Crippen LogP contribution in [0.4, 0.5) is 13.6 Å². The summed E-state index contributed by atoms with van der Waals surface area (Å²) in [4.78, 5) is 28.4. The highest BCUT2D eigenvalue weighted by Crippen LogP contribution is 2.32. The molecule has 1 fully saturated rings. The Morgan fingerprint density at radius 1 is 1.32 bits per heavy atom. The lowest BCUT2D eigenvalue weighted by molar-refractivity contribution is -0.123. The number of nitrogens with zero attached hydrogens (tertiary/aromatic N) is 3. The zero-order chi connectivity index (χ0) is 27.0. The van der Waals surface area contributed by atoms with Crippen LogP contribution in [-0.2, 0) is 16.1 Å². The van der Waals surface area contributed by atoms with Gasteiger partial charge in [0, 0.05) is 16.6 Å². The van der Waals surface area contributed by atoms with Crippen LogP contribution in [-0.4, -0.2) is 39.4 Å². The summed E-state index contributed by atoms with van der Waals surface area (Å²) in [6, 6.07) is 8.03. The molecule has 0 spiro atoms. The molecule has 2 aromatic heterocycles. The Kier molecular flexibility index (Phi) is 6.85. The predicted octanol–water partition coefficient (Wildman–Crippen LogP) is 4.53. The molecule has 0 radical (unpaired) electrons. The Hall–Kier alpha value is -4.25. The van der Waals surface area contributed by atoms with Crippen molar-refractivity contribution in [3.8, 4) is 11.4 Å². The van der Waals surface area contributed by atoms with Crippen LogP contribution in [0.15, 0.2) is 48.8 Å². The van der Waals surface area contributed by atoms with Gasteiger partial charge in [-0.05, 0) is 43.7 Å². The number of para-hydroxylation sites is 1. The predicted molar refractivity (Wildman–Crippen MR) is 134 cm³/mol. The minimum absolute atomic E-state index is 0.0571. The minimum Gasteiger partial charge on any atom is -0.487 e. The maximum Gasteiger partial charge on any atom is 0.407 e. The number of carbonyl (C=O) groups excluding carboxylic acids is 2. The van der Waals surface area contributed by atoms with E-state index in [9.17, 15) is 18.4 Å². The van der Waals surface area contributed by atoms with Crippen molar-refractivity contribution < 1.29 is 27.8 Å². The third-order valence-electron chi connectivity index (χ3n) is 6.09. The first-order valence-electron chi connectivity index (χ1n) is 11.6. The molecule has 38 heavy (non-hydrogen) atoms. The normalized spacial score (nSPS) is 15.7. The first kappa shape index (κ1) is 25.4. The van der Waals surface area contributed by atoms with Crippen molar-refractivity contribution in [1.82, 2.24) is 25.4 Å². The average molecular weight is 542 g/mol. The molecule has 12 heteroatoms. The summed E-state index contributed by atoms with van der Waals surface area (Å²) in [5.41, 5.74) is 2.69. The molecule has 2 N–H and O–H groups in total. The van der Waals surface area contributed by atoms with Gasteiger partial charge < -0.3 is 20.1 Å². The number of nitrogens with one attached hydrogen (secondary N) is 2. The second kappa shape index (κ2) is 10.3. The van der Waals surface area contributed by atoms with Crippen LogP contribution in [0.1, 0.15) is 29.8 Å². The van der Waals surface area contributed by atoms with Crippen LogP contribution in [0.5, 0.6) is 5.75 Å². The summed E-state index contributed by atoms with van der Waals surface area (Å²) < 4.78 is 40.3. The Morgan fingerprint density at radius 3 is 2.84 bits per heavy atom. The molecule has 2 amide bonds. The molecule has 1 aliphatic heterocycles. The third kappa shape index (κ3) is 5.10. The highest BCUT2D eigenvalue weighted by molar-refractivity contribution is 6.31. The van der Waals surface area contributed by atoms with Gasteiger partial charge in [-0.3, -0.25) is 4.79 Å². The number of aromatic nitrogens is 3. The van der Waals surface area contributed by atoms with E-state index in [1.807, 2.05) is 6.07 Å². The van der Waals surface area contributed by atoms with Gasteiger partial charge in [-0.25, -0.2) is 23.2 Å². The van der Waals surface area contributed by atoms with Crippen LogP contribution in [0, 0.1) is 18.6 Å². The molecule has 5 rings (SSSR count). The number of pyridine rings is 1. The van der Waals surface area contributed by atoms with Gasteiger partial charge in [0.15, 0.2) is 5.82 Å². The number of fused-ring (bicyclic) bond motifs is 1. The van der Waals surface area contributed by atoms with Crippen molar-refractivity contribution in [2.45, 2.75) is 32.5 Å². The summed E-state index contributed by atoms with van der Waals surface area (Å²) in [5, 5.41) is 10.0. The van der Waals surface area contributed by atoms with Crippen molar-refractivity contribution in [1.29, 1.82) is 0 Å². The zero-order valence-electron chi connectivity index (χ0n) is 20.3. The van der Waals surface area contributed by atoms with Gasteiger partial charge >= 0.3 is 6.09 Å². The summed E-state index contributed by atoms with van der Waals surface area (Å²) in [6.45, 7) is 3.31. The molecule has 2 aromatic carbocycles. The van der Waals surface area contributed by atoms with E-state index in [1.165, 1.54) is 23.0 Å². The maximum absolute atomic E-state index is 14.3. The number of benzene rings is 2. The molecule has 2 atom stereocenters. The Labute approximate surface area is 220 Å². The van der Waals surface area contributed by atoms with Crippen LogP contribution in [0.2, 0.25) is 5.02 Å². The highest BCUT2D eigenvalue weighted by atomic mass is 35.5. The standard InChI is InChI=1S/C26H22ClF2N5O4/c1-13-6-22(34-10-16(29)9-30-34)17-4-3-5-23(24(17)31-13)37-11-19-18(7-15(28)8-20(19)27)14(2)32-25(35)21-12-38-26(36)33-21/h3-10,14,21H,11-12H2,1-2H3,(H,32,35)(H,33,36)/t14-,21+/m0/s1. The molecule has 196 valence electrons. The van der Waals surface area contributed by atoms with Gasteiger partial charge in [0.25, 0.3) is 0 Å². The molecular formula is C26H22ClF2N5O4.